The highest BCUT2D eigenvalue weighted by Gasteiger charge is 2.21. The number of pyridine rings is 1. The summed E-state index contributed by atoms with van der Waals surface area (Å²) in [6.07, 6.45) is 0.356. The number of nitrogens with one attached hydrogen (secondary N) is 2. The van der Waals surface area contributed by atoms with Crippen LogP contribution in [0.3, 0.4) is 0 Å². The van der Waals surface area contributed by atoms with Crippen LogP contribution in [0.5, 0.6) is 0 Å². The molecular weight excluding hydrogens is 474 g/mol. The largest absolute Gasteiger partial charge is 0.393 e. The van der Waals surface area contributed by atoms with Crippen molar-refractivity contribution in [3.63, 3.8) is 0 Å². The molecule has 0 fully saturated rings. The van der Waals surface area contributed by atoms with Gasteiger partial charge in [-0.1, -0.05) is 6.07 Å². The first kappa shape index (κ1) is 24.7. The average Bonchev–Trinajstić information content (AvgIpc) is 3.08. The number of aliphatic hydroxyl groups is 1. The van der Waals surface area contributed by atoms with Gasteiger partial charge in [0.2, 0.25) is 10.0 Å². The molecule has 0 radical (unpaired) electrons. The topological polar surface area (TPSA) is 134 Å². The van der Waals surface area contributed by atoms with E-state index in [4.69, 9.17) is 5.73 Å². The van der Waals surface area contributed by atoms with Gasteiger partial charge < -0.3 is 16.2 Å². The molecule has 8 nitrogen and oxygen atoms in total. The normalized spacial score (nSPS) is 12.5. The lowest BCUT2D eigenvalue weighted by atomic mass is 10.0. The van der Waals surface area contributed by atoms with Crippen molar-refractivity contribution in [2.24, 2.45) is 5.73 Å². The van der Waals surface area contributed by atoms with E-state index >= 15 is 0 Å². The van der Waals surface area contributed by atoms with Crippen LogP contribution in [0, 0.1) is 11.6 Å². The van der Waals surface area contributed by atoms with Crippen LogP contribution in [0.15, 0.2) is 36.4 Å². The van der Waals surface area contributed by atoms with Gasteiger partial charge >= 0.3 is 0 Å². The molecule has 176 valence electrons. The number of thiophene rings is 1. The monoisotopic (exact) mass is 496 g/mol. The number of primary amides is 1. The number of nitrogens with two attached hydrogens (primary N) is 1. The maximum atomic E-state index is 14.7. The minimum absolute atomic E-state index is 0.0170. The van der Waals surface area contributed by atoms with Crippen molar-refractivity contribution in [2.45, 2.75) is 26.0 Å². The van der Waals surface area contributed by atoms with Crippen LogP contribution in [0.25, 0.3) is 10.4 Å². The zero-order chi connectivity index (χ0) is 24.3. The Balaban J connectivity index is 1.94. The summed E-state index contributed by atoms with van der Waals surface area (Å²) in [6.45, 7) is 1.47. The smallest absolute Gasteiger partial charge is 0.251 e. The van der Waals surface area contributed by atoms with Gasteiger partial charge in [-0.2, -0.15) is 0 Å². The van der Waals surface area contributed by atoms with Crippen LogP contribution in [0.4, 0.5) is 19.6 Å². The first-order valence-electron chi connectivity index (χ1n) is 9.70. The molecule has 5 N–H and O–H groups in total. The second-order valence-corrected chi connectivity index (χ2v) is 10.3. The zero-order valence-electron chi connectivity index (χ0n) is 17.7. The summed E-state index contributed by atoms with van der Waals surface area (Å²) in [5, 5.41) is 12.6. The molecule has 1 amide bonds. The molecule has 0 aliphatic rings. The van der Waals surface area contributed by atoms with Crippen molar-refractivity contribution in [2.75, 3.05) is 11.6 Å². The van der Waals surface area contributed by atoms with Crippen molar-refractivity contribution in [3.05, 3.63) is 64.9 Å². The number of hydrogen-bond acceptors (Lipinski definition) is 7. The van der Waals surface area contributed by atoms with E-state index in [1.165, 1.54) is 13.0 Å². The number of carbonyl (C=O) groups is 1. The van der Waals surface area contributed by atoms with Crippen molar-refractivity contribution in [1.29, 1.82) is 0 Å². The first-order valence-corrected chi connectivity index (χ1v) is 12.4. The van der Waals surface area contributed by atoms with Gasteiger partial charge in [-0.05, 0) is 49.2 Å². The molecule has 33 heavy (non-hydrogen) atoms. The Kier molecular flexibility index (Phi) is 7.42. The average molecular weight is 497 g/mol. The Bertz CT molecular complexity index is 1270. The molecule has 0 aliphatic heterocycles. The van der Waals surface area contributed by atoms with E-state index in [9.17, 15) is 27.1 Å². The summed E-state index contributed by atoms with van der Waals surface area (Å²) in [6, 6.07) is 8.40. The fraction of sp³-hybridized carbons (Fsp3) is 0.238. The number of benzene rings is 1. The van der Waals surface area contributed by atoms with Crippen LogP contribution < -0.4 is 15.8 Å². The molecule has 0 spiro atoms. The number of amides is 1. The number of sulfonamides is 1. The van der Waals surface area contributed by atoms with Gasteiger partial charge in [0.15, 0.2) is 0 Å². The molecule has 1 unspecified atom stereocenters. The van der Waals surface area contributed by atoms with Gasteiger partial charge in [0.25, 0.3) is 5.91 Å². The molecule has 3 aromatic rings. The van der Waals surface area contributed by atoms with E-state index in [-0.39, 0.29) is 39.8 Å². The molecule has 0 saturated heterocycles. The molecule has 3 rings (SSSR count). The molecule has 2 heterocycles. The van der Waals surface area contributed by atoms with E-state index in [0.29, 0.717) is 11.3 Å². The summed E-state index contributed by atoms with van der Waals surface area (Å²) in [5.74, 6) is -2.18. The Morgan fingerprint density at radius 1 is 1.24 bits per heavy atom. The molecule has 0 saturated carbocycles. The maximum absolute atomic E-state index is 14.7. The molecular formula is C21H22F2N4O4S2. The SMILES string of the molecule is CC(O)Cc1cc(F)c(-c2cc(C(N)=O)c(Nc3cccc(CNS(C)(=O)=O)n3)s2)c(F)c1. The summed E-state index contributed by atoms with van der Waals surface area (Å²) in [5.41, 5.74) is 5.87. The number of rotatable bonds is 9. The Hall–Kier alpha value is -2.93. The van der Waals surface area contributed by atoms with Crippen LogP contribution in [0.2, 0.25) is 0 Å². The highest BCUT2D eigenvalue weighted by atomic mass is 32.2. The molecule has 2 aromatic heterocycles. The van der Waals surface area contributed by atoms with Crippen LogP contribution in [-0.2, 0) is 23.0 Å². The molecule has 1 atom stereocenters. The molecule has 1 aromatic carbocycles. The minimum Gasteiger partial charge on any atom is -0.393 e. The summed E-state index contributed by atoms with van der Waals surface area (Å²) < 4.78 is 54.4. The summed E-state index contributed by atoms with van der Waals surface area (Å²) in [4.78, 5) is 16.4. The van der Waals surface area contributed by atoms with Crippen LogP contribution in [-0.4, -0.2) is 36.8 Å². The Morgan fingerprint density at radius 2 is 1.91 bits per heavy atom. The number of halogens is 2. The fourth-order valence-electron chi connectivity index (χ4n) is 3.08. The van der Waals surface area contributed by atoms with Crippen molar-refractivity contribution in [1.82, 2.24) is 9.71 Å². The van der Waals surface area contributed by atoms with Gasteiger partial charge in [-0.15, -0.1) is 11.3 Å². The second-order valence-electron chi connectivity index (χ2n) is 7.44. The quantitative estimate of drug-likeness (QED) is 0.360. The number of aliphatic hydroxyl groups excluding tert-OH is 1. The number of carbonyl (C=O) groups excluding carboxylic acids is 1. The lowest BCUT2D eigenvalue weighted by molar-refractivity contribution is 0.100. The molecule has 0 bridgehead atoms. The van der Waals surface area contributed by atoms with E-state index in [1.54, 1.807) is 18.2 Å². The number of anilines is 2. The van der Waals surface area contributed by atoms with Crippen molar-refractivity contribution >= 4 is 38.1 Å². The predicted octanol–water partition coefficient (Wildman–Crippen LogP) is 2.90. The van der Waals surface area contributed by atoms with Gasteiger partial charge in [-0.25, -0.2) is 26.9 Å². The maximum Gasteiger partial charge on any atom is 0.251 e. The Labute approximate surface area is 193 Å². The van der Waals surface area contributed by atoms with E-state index < -0.39 is 33.7 Å². The summed E-state index contributed by atoms with van der Waals surface area (Å²) >= 11 is 0.914. The van der Waals surface area contributed by atoms with Gasteiger partial charge in [0, 0.05) is 4.88 Å². The van der Waals surface area contributed by atoms with Crippen molar-refractivity contribution in [3.8, 4) is 10.4 Å². The van der Waals surface area contributed by atoms with Gasteiger partial charge in [-0.3, -0.25) is 4.79 Å². The molecule has 0 aliphatic carbocycles. The minimum atomic E-state index is -3.41. The van der Waals surface area contributed by atoms with E-state index in [0.717, 1.165) is 29.7 Å². The number of aromatic nitrogens is 1. The van der Waals surface area contributed by atoms with Crippen LogP contribution >= 0.6 is 11.3 Å². The highest BCUT2D eigenvalue weighted by Crippen LogP contribution is 2.39. The fourth-order valence-corrected chi connectivity index (χ4v) is 4.61. The lowest BCUT2D eigenvalue weighted by Gasteiger charge is -2.09. The molecule has 12 heteroatoms. The standard InChI is InChI=1S/C21H22F2N4O4S2/c1-11(28)6-12-7-15(22)19(16(23)8-12)17-9-14(20(24)29)21(32-17)27-18-5-3-4-13(26-18)10-25-33(2,30)31/h3-5,7-9,11,25,28H,6,10H2,1-2H3,(H2,24,29)(H,26,27). The first-order chi connectivity index (χ1) is 15.4. The van der Waals surface area contributed by atoms with Gasteiger partial charge in [0.1, 0.15) is 22.5 Å². The number of hydrogen-bond donors (Lipinski definition) is 4. The number of nitrogens with zero attached hydrogens (tertiary/aromatic N) is 1. The van der Waals surface area contributed by atoms with Gasteiger partial charge in [0.05, 0.1) is 35.7 Å². The van der Waals surface area contributed by atoms with Crippen LogP contribution in [0.1, 0.15) is 28.5 Å². The zero-order valence-corrected chi connectivity index (χ0v) is 19.4. The highest BCUT2D eigenvalue weighted by molar-refractivity contribution is 7.88. The third-order valence-corrected chi connectivity index (χ3v) is 6.18. The summed E-state index contributed by atoms with van der Waals surface area (Å²) in [7, 11) is -3.41. The third-order valence-electron chi connectivity index (χ3n) is 4.44. The third kappa shape index (κ3) is 6.54. The predicted molar refractivity (Wildman–Crippen MR) is 123 cm³/mol. The van der Waals surface area contributed by atoms with E-state index in [2.05, 4.69) is 15.0 Å². The van der Waals surface area contributed by atoms with E-state index in [1.807, 2.05) is 0 Å². The van der Waals surface area contributed by atoms with Crippen molar-refractivity contribution < 1.29 is 27.1 Å². The lowest BCUT2D eigenvalue weighted by Crippen LogP contribution is -2.21. The Morgan fingerprint density at radius 3 is 2.48 bits per heavy atom. The second kappa shape index (κ2) is 9.91.